The Labute approximate surface area is 192 Å². The molecule has 0 amide bonds. The number of hydrogen-bond donors (Lipinski definition) is 2. The molecule has 3 atom stereocenters. The van der Waals surface area contributed by atoms with E-state index in [1.54, 1.807) is 18.5 Å². The Kier molecular flexibility index (Phi) is 6.26. The number of halogens is 2. The van der Waals surface area contributed by atoms with Gasteiger partial charge >= 0.3 is 11.9 Å². The van der Waals surface area contributed by atoms with Gasteiger partial charge in [0.25, 0.3) is 0 Å². The number of methoxy groups -OCH3 is 1. The molecule has 0 spiro atoms. The topological polar surface area (TPSA) is 104 Å². The molecule has 174 valence electrons. The number of carbonyl (C=O) groups excluding carboxylic acids is 1. The highest BCUT2D eigenvalue weighted by molar-refractivity contribution is 7.11. The normalized spacial score (nSPS) is 25.5. The molecule has 0 aliphatic carbocycles. The van der Waals surface area contributed by atoms with Crippen LogP contribution in [0.2, 0.25) is 0 Å². The third-order valence-corrected chi connectivity index (χ3v) is 6.60. The van der Waals surface area contributed by atoms with Crippen LogP contribution in [0.4, 0.5) is 8.78 Å². The van der Waals surface area contributed by atoms with Crippen LogP contribution in [0.15, 0.2) is 52.1 Å². The summed E-state index contributed by atoms with van der Waals surface area (Å²) in [6.45, 7) is 1.55. The molecule has 2 aromatic rings. The van der Waals surface area contributed by atoms with Gasteiger partial charge in [-0.2, -0.15) is 0 Å². The molecular weight excluding hydrogens is 454 g/mol. The first-order valence-electron chi connectivity index (χ1n) is 10.2. The zero-order chi connectivity index (χ0) is 23.8. The molecule has 0 bridgehead atoms. The summed E-state index contributed by atoms with van der Waals surface area (Å²) >= 11 is 1.32. The fourth-order valence-corrected chi connectivity index (χ4v) is 4.84. The highest BCUT2D eigenvalue weighted by Gasteiger charge is 2.44. The van der Waals surface area contributed by atoms with E-state index in [1.807, 2.05) is 0 Å². The van der Waals surface area contributed by atoms with Crippen molar-refractivity contribution < 1.29 is 28.2 Å². The zero-order valence-corrected chi connectivity index (χ0v) is 18.7. The monoisotopic (exact) mass is 476 g/mol. The SMILES string of the molecule is COC(=O)C1=C(CN2C[C@@H](F)C[C@H]2C(=O)O)NC(c2nccs2)=N[C@@]1(C)c1ccc(F)cc1. The van der Waals surface area contributed by atoms with Crippen molar-refractivity contribution in [2.75, 3.05) is 20.2 Å². The van der Waals surface area contributed by atoms with Crippen molar-refractivity contribution >= 4 is 29.1 Å². The number of nitrogens with one attached hydrogen (secondary N) is 1. The lowest BCUT2D eigenvalue weighted by molar-refractivity contribution is -0.142. The van der Waals surface area contributed by atoms with Gasteiger partial charge in [-0.1, -0.05) is 12.1 Å². The minimum absolute atomic E-state index is 0.0526. The largest absolute Gasteiger partial charge is 0.480 e. The zero-order valence-electron chi connectivity index (χ0n) is 17.9. The van der Waals surface area contributed by atoms with Crippen LogP contribution in [0, 0.1) is 5.82 Å². The van der Waals surface area contributed by atoms with Gasteiger partial charge in [0.1, 0.15) is 23.6 Å². The van der Waals surface area contributed by atoms with E-state index >= 15 is 0 Å². The molecule has 4 rings (SSSR count). The predicted octanol–water partition coefficient (Wildman–Crippen LogP) is 2.47. The van der Waals surface area contributed by atoms with E-state index in [0.717, 1.165) is 0 Å². The number of benzene rings is 1. The number of nitrogens with zero attached hydrogens (tertiary/aromatic N) is 3. The second kappa shape index (κ2) is 8.99. The van der Waals surface area contributed by atoms with Crippen LogP contribution in [-0.2, 0) is 19.9 Å². The summed E-state index contributed by atoms with van der Waals surface area (Å²) < 4.78 is 32.8. The Hall–Kier alpha value is -3.18. The average molecular weight is 477 g/mol. The maximum atomic E-state index is 14.1. The molecule has 2 N–H and O–H groups in total. The summed E-state index contributed by atoms with van der Waals surface area (Å²) in [6.07, 6.45) is 0.166. The van der Waals surface area contributed by atoms with Crippen molar-refractivity contribution in [3.8, 4) is 0 Å². The number of carboxylic acids is 1. The first-order chi connectivity index (χ1) is 15.7. The molecule has 1 saturated heterocycles. The van der Waals surface area contributed by atoms with Gasteiger partial charge in [0.05, 0.1) is 12.7 Å². The number of carbonyl (C=O) groups is 2. The van der Waals surface area contributed by atoms with Crippen LogP contribution in [0.1, 0.15) is 23.9 Å². The Morgan fingerprint density at radius 3 is 2.70 bits per heavy atom. The summed E-state index contributed by atoms with van der Waals surface area (Å²) in [7, 11) is 1.23. The van der Waals surface area contributed by atoms with Gasteiger partial charge in [0.2, 0.25) is 0 Å². The summed E-state index contributed by atoms with van der Waals surface area (Å²) in [5.41, 5.74) is -0.315. The first kappa shape index (κ1) is 23.0. The second-order valence-electron chi connectivity index (χ2n) is 7.96. The number of likely N-dealkylation sites (tertiary alicyclic amines) is 1. The number of aromatic nitrogens is 1. The molecular formula is C22H22F2N4O4S. The van der Waals surface area contributed by atoms with Crippen molar-refractivity contribution in [1.29, 1.82) is 0 Å². The molecule has 0 saturated carbocycles. The molecule has 1 fully saturated rings. The number of aliphatic imine (C=N–C) groups is 1. The second-order valence-corrected chi connectivity index (χ2v) is 8.86. The summed E-state index contributed by atoms with van der Waals surface area (Å²) in [4.78, 5) is 35.2. The third kappa shape index (κ3) is 4.38. The van der Waals surface area contributed by atoms with E-state index < -0.39 is 35.5 Å². The quantitative estimate of drug-likeness (QED) is 0.618. The summed E-state index contributed by atoms with van der Waals surface area (Å²) in [5.74, 6) is -1.91. The van der Waals surface area contributed by atoms with Crippen LogP contribution in [0.25, 0.3) is 0 Å². The smallest absolute Gasteiger partial charge is 0.338 e. The van der Waals surface area contributed by atoms with E-state index in [4.69, 9.17) is 9.73 Å². The lowest BCUT2D eigenvalue weighted by Gasteiger charge is -2.36. The highest BCUT2D eigenvalue weighted by atomic mass is 32.1. The fraction of sp³-hybridized carbons (Fsp3) is 0.364. The molecule has 3 heterocycles. The van der Waals surface area contributed by atoms with Gasteiger partial charge in [-0.25, -0.2) is 23.6 Å². The fourth-order valence-electron chi connectivity index (χ4n) is 4.26. The number of thiazole rings is 1. The standard InChI is InChI=1S/C22H22F2N4O4S/c1-22(12-3-5-13(23)6-4-12)17(21(31)32-2)15(26-18(27-22)19-25-7-8-33-19)11-28-10-14(24)9-16(28)20(29)30/h3-8,14,16H,9-11H2,1-2H3,(H,26,27)(H,29,30)/t14-,16-,22-/m0/s1. The number of esters is 1. The number of alkyl halides is 1. The third-order valence-electron chi connectivity index (χ3n) is 5.82. The Bertz CT molecular complexity index is 1120. The highest BCUT2D eigenvalue weighted by Crippen LogP contribution is 2.39. The van der Waals surface area contributed by atoms with E-state index in [1.165, 1.54) is 47.6 Å². The van der Waals surface area contributed by atoms with Gasteiger partial charge in [-0.05, 0) is 24.6 Å². The van der Waals surface area contributed by atoms with Crippen LogP contribution in [-0.4, -0.2) is 65.2 Å². The average Bonchev–Trinajstić information content (AvgIpc) is 3.43. The summed E-state index contributed by atoms with van der Waals surface area (Å²) in [5, 5.41) is 15.0. The lowest BCUT2D eigenvalue weighted by atomic mass is 9.82. The van der Waals surface area contributed by atoms with E-state index in [-0.39, 0.29) is 25.1 Å². The van der Waals surface area contributed by atoms with Crippen molar-refractivity contribution in [3.05, 3.63) is 63.5 Å². The van der Waals surface area contributed by atoms with Crippen molar-refractivity contribution in [2.45, 2.75) is 31.1 Å². The van der Waals surface area contributed by atoms with Crippen LogP contribution in [0.5, 0.6) is 0 Å². The summed E-state index contributed by atoms with van der Waals surface area (Å²) in [6, 6.07) is 4.55. The van der Waals surface area contributed by atoms with E-state index in [2.05, 4.69) is 10.3 Å². The van der Waals surface area contributed by atoms with Crippen molar-refractivity contribution in [3.63, 3.8) is 0 Å². The Balaban J connectivity index is 1.86. The minimum atomic E-state index is -1.30. The van der Waals surface area contributed by atoms with Gasteiger partial charge in [0.15, 0.2) is 10.8 Å². The number of amidine groups is 1. The van der Waals surface area contributed by atoms with Crippen molar-refractivity contribution in [2.24, 2.45) is 4.99 Å². The van der Waals surface area contributed by atoms with Crippen LogP contribution < -0.4 is 5.32 Å². The molecule has 2 aliphatic rings. The van der Waals surface area contributed by atoms with Crippen molar-refractivity contribution in [1.82, 2.24) is 15.2 Å². The van der Waals surface area contributed by atoms with E-state index in [0.29, 0.717) is 22.1 Å². The minimum Gasteiger partial charge on any atom is -0.480 e. The maximum absolute atomic E-state index is 14.1. The van der Waals surface area contributed by atoms with Crippen LogP contribution >= 0.6 is 11.3 Å². The Morgan fingerprint density at radius 1 is 1.36 bits per heavy atom. The van der Waals surface area contributed by atoms with Gasteiger partial charge in [-0.15, -0.1) is 11.3 Å². The lowest BCUT2D eigenvalue weighted by Crippen LogP contribution is -2.46. The van der Waals surface area contributed by atoms with Gasteiger partial charge in [0, 0.05) is 36.8 Å². The number of rotatable bonds is 6. The molecule has 1 aromatic carbocycles. The molecule has 2 aliphatic heterocycles. The Morgan fingerprint density at radius 2 is 2.09 bits per heavy atom. The van der Waals surface area contributed by atoms with E-state index in [9.17, 15) is 23.5 Å². The van der Waals surface area contributed by atoms with Gasteiger partial charge in [-0.3, -0.25) is 9.69 Å². The first-order valence-corrected chi connectivity index (χ1v) is 11.1. The van der Waals surface area contributed by atoms with Gasteiger partial charge < -0.3 is 15.2 Å². The van der Waals surface area contributed by atoms with Crippen LogP contribution in [0.3, 0.4) is 0 Å². The number of ether oxygens (including phenoxy) is 1. The molecule has 11 heteroatoms. The molecule has 0 unspecified atom stereocenters. The molecule has 8 nitrogen and oxygen atoms in total. The molecule has 33 heavy (non-hydrogen) atoms. The number of carboxylic acid groups (broad SMARTS) is 1. The molecule has 1 aromatic heterocycles. The molecule has 0 radical (unpaired) electrons. The number of hydrogen-bond acceptors (Lipinski definition) is 8. The maximum Gasteiger partial charge on any atom is 0.338 e. The number of aliphatic carboxylic acids is 1. The predicted molar refractivity (Wildman–Crippen MR) is 117 cm³/mol.